The molecule has 1 aliphatic rings. The van der Waals surface area contributed by atoms with Crippen molar-refractivity contribution >= 4 is 17.4 Å². The van der Waals surface area contributed by atoms with Crippen LogP contribution in [0.4, 0.5) is 4.39 Å². The predicted octanol–water partition coefficient (Wildman–Crippen LogP) is 4.52. The fraction of sp³-hybridized carbons (Fsp3) is 0.241. The van der Waals surface area contributed by atoms with Gasteiger partial charge in [-0.3, -0.25) is 9.59 Å². The number of ketones is 1. The number of amides is 1. The van der Waals surface area contributed by atoms with Gasteiger partial charge < -0.3 is 29.0 Å². The van der Waals surface area contributed by atoms with Crippen LogP contribution in [0.1, 0.15) is 22.7 Å². The molecule has 1 N–H and O–H groups in total. The number of benzene rings is 3. The third kappa shape index (κ3) is 5.00. The number of ether oxygens (including phenoxy) is 4. The molecule has 1 unspecified atom stereocenters. The number of halogens is 1. The Hall–Kier alpha value is -4.53. The fourth-order valence-corrected chi connectivity index (χ4v) is 4.53. The zero-order valence-electron chi connectivity index (χ0n) is 21.5. The van der Waals surface area contributed by atoms with Gasteiger partial charge >= 0.3 is 0 Å². The Morgan fingerprint density at radius 1 is 0.842 bits per heavy atom. The fourth-order valence-electron chi connectivity index (χ4n) is 4.53. The molecule has 1 fully saturated rings. The Morgan fingerprint density at radius 3 is 2.16 bits per heavy atom. The van der Waals surface area contributed by atoms with E-state index in [9.17, 15) is 19.1 Å². The zero-order chi connectivity index (χ0) is 27.4. The molecule has 0 aliphatic carbocycles. The molecule has 1 aliphatic heterocycles. The van der Waals surface area contributed by atoms with E-state index in [0.29, 0.717) is 35.0 Å². The number of hydrogen-bond donors (Lipinski definition) is 1. The lowest BCUT2D eigenvalue weighted by atomic mass is 9.94. The topological polar surface area (TPSA) is 94.5 Å². The number of nitrogens with zero attached hydrogens (tertiary/aromatic N) is 1. The first-order valence-electron chi connectivity index (χ1n) is 11.8. The Morgan fingerprint density at radius 2 is 1.53 bits per heavy atom. The maximum Gasteiger partial charge on any atom is 0.295 e. The summed E-state index contributed by atoms with van der Waals surface area (Å²) in [5.74, 6) is -0.511. The van der Waals surface area contributed by atoms with Crippen molar-refractivity contribution in [1.82, 2.24) is 4.90 Å². The number of rotatable bonds is 9. The Labute approximate surface area is 219 Å². The molecule has 9 heteroatoms. The van der Waals surface area contributed by atoms with Crippen molar-refractivity contribution in [3.05, 3.63) is 88.7 Å². The molecule has 1 amide bonds. The van der Waals surface area contributed by atoms with Crippen LogP contribution in [-0.4, -0.2) is 56.7 Å². The second-order valence-corrected chi connectivity index (χ2v) is 8.55. The Bertz CT molecular complexity index is 1380. The summed E-state index contributed by atoms with van der Waals surface area (Å²) in [5.41, 5.74) is 1.44. The van der Waals surface area contributed by atoms with Crippen molar-refractivity contribution < 1.29 is 38.0 Å². The monoisotopic (exact) mass is 521 g/mol. The van der Waals surface area contributed by atoms with E-state index in [0.717, 1.165) is 5.56 Å². The number of likely N-dealkylation sites (tertiary alicyclic amines) is 1. The van der Waals surface area contributed by atoms with Crippen LogP contribution < -0.4 is 18.9 Å². The van der Waals surface area contributed by atoms with Crippen LogP contribution in [0.2, 0.25) is 0 Å². The van der Waals surface area contributed by atoms with Crippen molar-refractivity contribution in [2.75, 3.05) is 35.0 Å². The summed E-state index contributed by atoms with van der Waals surface area (Å²) in [7, 11) is 6.05. The number of aliphatic hydroxyl groups is 1. The molecule has 3 aromatic carbocycles. The van der Waals surface area contributed by atoms with E-state index in [-0.39, 0.29) is 17.7 Å². The number of methoxy groups -OCH3 is 4. The zero-order valence-corrected chi connectivity index (χ0v) is 21.5. The Kier molecular flexibility index (Phi) is 7.85. The first-order chi connectivity index (χ1) is 18.3. The highest BCUT2D eigenvalue weighted by Gasteiger charge is 2.47. The number of carbonyl (C=O) groups is 2. The van der Waals surface area contributed by atoms with E-state index in [1.807, 2.05) is 6.07 Å². The van der Waals surface area contributed by atoms with Crippen LogP contribution >= 0.6 is 0 Å². The average Bonchev–Trinajstić information content (AvgIpc) is 3.20. The maximum absolute atomic E-state index is 13.5. The van der Waals surface area contributed by atoms with Gasteiger partial charge in [-0.2, -0.15) is 0 Å². The molecule has 198 valence electrons. The molecule has 0 saturated carbocycles. The lowest BCUT2D eigenvalue weighted by Crippen LogP contribution is -2.32. The average molecular weight is 522 g/mol. The van der Waals surface area contributed by atoms with Gasteiger partial charge in [-0.25, -0.2) is 4.39 Å². The summed E-state index contributed by atoms with van der Waals surface area (Å²) >= 11 is 0. The van der Waals surface area contributed by atoms with Crippen LogP contribution in [0.15, 0.2) is 66.2 Å². The van der Waals surface area contributed by atoms with Crippen molar-refractivity contribution in [2.24, 2.45) is 0 Å². The molecule has 1 saturated heterocycles. The molecule has 0 radical (unpaired) electrons. The molecule has 3 aromatic rings. The highest BCUT2D eigenvalue weighted by atomic mass is 19.1. The highest BCUT2D eigenvalue weighted by molar-refractivity contribution is 6.46. The van der Waals surface area contributed by atoms with E-state index in [4.69, 9.17) is 18.9 Å². The smallest absolute Gasteiger partial charge is 0.295 e. The van der Waals surface area contributed by atoms with E-state index in [1.54, 1.807) is 37.4 Å². The summed E-state index contributed by atoms with van der Waals surface area (Å²) in [6.07, 6.45) is 0.388. The van der Waals surface area contributed by atoms with Crippen LogP contribution in [0.5, 0.6) is 23.0 Å². The molecule has 0 aromatic heterocycles. The minimum Gasteiger partial charge on any atom is -0.507 e. The lowest BCUT2D eigenvalue weighted by molar-refractivity contribution is -0.139. The summed E-state index contributed by atoms with van der Waals surface area (Å²) < 4.78 is 35.1. The van der Waals surface area contributed by atoms with Crippen molar-refractivity contribution in [3.63, 3.8) is 0 Å². The second kappa shape index (κ2) is 11.2. The predicted molar refractivity (Wildman–Crippen MR) is 138 cm³/mol. The van der Waals surface area contributed by atoms with Crippen LogP contribution in [-0.2, 0) is 16.0 Å². The van der Waals surface area contributed by atoms with Gasteiger partial charge in [-0.15, -0.1) is 0 Å². The van der Waals surface area contributed by atoms with Crippen LogP contribution in [0.3, 0.4) is 0 Å². The quantitative estimate of drug-likeness (QED) is 0.251. The van der Waals surface area contributed by atoms with Gasteiger partial charge in [0.25, 0.3) is 11.7 Å². The minimum atomic E-state index is -0.957. The standard InChI is InChI=1S/C29H28FNO7/c1-35-20-10-11-21(23(16-20)37-3)26-25(27(32)18-6-8-19(30)9-7-18)28(33)29(34)31(26)14-13-17-5-12-22(36-2)24(15-17)38-4/h5-12,15-16,26,32H,13-14H2,1-4H3/b27-25-. The molecule has 4 rings (SSSR count). The van der Waals surface area contributed by atoms with Crippen molar-refractivity contribution in [3.8, 4) is 23.0 Å². The maximum atomic E-state index is 13.5. The molecule has 0 bridgehead atoms. The summed E-state index contributed by atoms with van der Waals surface area (Å²) in [5, 5.41) is 11.2. The van der Waals surface area contributed by atoms with E-state index >= 15 is 0 Å². The lowest BCUT2D eigenvalue weighted by Gasteiger charge is -2.27. The SMILES string of the molecule is COc1ccc(C2/C(=C(/O)c3ccc(F)cc3)C(=O)C(=O)N2CCc2ccc(OC)c(OC)c2)c(OC)c1. The van der Waals surface area contributed by atoms with Gasteiger partial charge in [-0.05, 0) is 60.5 Å². The van der Waals surface area contributed by atoms with Gasteiger partial charge in [0.05, 0.1) is 40.1 Å². The number of hydrogen-bond acceptors (Lipinski definition) is 7. The normalized spacial score (nSPS) is 16.4. The second-order valence-electron chi connectivity index (χ2n) is 8.55. The summed E-state index contributed by atoms with van der Waals surface area (Å²) in [6, 6.07) is 14.5. The van der Waals surface area contributed by atoms with Crippen molar-refractivity contribution in [2.45, 2.75) is 12.5 Å². The molecule has 38 heavy (non-hydrogen) atoms. The van der Waals surface area contributed by atoms with E-state index in [1.165, 1.54) is 50.5 Å². The molecular weight excluding hydrogens is 493 g/mol. The molecular formula is C29H28FNO7. The van der Waals surface area contributed by atoms with Crippen LogP contribution in [0.25, 0.3) is 5.76 Å². The van der Waals surface area contributed by atoms with E-state index < -0.39 is 29.3 Å². The molecule has 1 atom stereocenters. The van der Waals surface area contributed by atoms with Gasteiger partial charge in [0.2, 0.25) is 0 Å². The minimum absolute atomic E-state index is 0.114. The number of aliphatic hydroxyl groups excluding tert-OH is 1. The summed E-state index contributed by atoms with van der Waals surface area (Å²) in [6.45, 7) is 0.153. The molecule has 8 nitrogen and oxygen atoms in total. The Balaban J connectivity index is 1.80. The first-order valence-corrected chi connectivity index (χ1v) is 11.8. The van der Waals surface area contributed by atoms with Crippen molar-refractivity contribution in [1.29, 1.82) is 0 Å². The molecule has 1 heterocycles. The number of Topliss-reactive ketones (excluding diaryl/α,β-unsaturated/α-hetero) is 1. The summed E-state index contributed by atoms with van der Waals surface area (Å²) in [4.78, 5) is 28.0. The van der Waals surface area contributed by atoms with Gasteiger partial charge in [0.1, 0.15) is 23.1 Å². The first kappa shape index (κ1) is 26.5. The largest absolute Gasteiger partial charge is 0.507 e. The number of carbonyl (C=O) groups excluding carboxylic acids is 2. The van der Waals surface area contributed by atoms with E-state index in [2.05, 4.69) is 0 Å². The van der Waals surface area contributed by atoms with Gasteiger partial charge in [-0.1, -0.05) is 6.07 Å². The van der Waals surface area contributed by atoms with Gasteiger partial charge in [0, 0.05) is 23.7 Å². The molecule has 0 spiro atoms. The van der Waals surface area contributed by atoms with Crippen LogP contribution in [0, 0.1) is 5.82 Å². The third-order valence-corrected chi connectivity index (χ3v) is 6.48. The third-order valence-electron chi connectivity index (χ3n) is 6.48. The highest BCUT2D eigenvalue weighted by Crippen LogP contribution is 2.43. The van der Waals surface area contributed by atoms with Gasteiger partial charge in [0.15, 0.2) is 11.5 Å².